The predicted octanol–water partition coefficient (Wildman–Crippen LogP) is 4.64. The second-order valence-corrected chi connectivity index (χ2v) is 12.2. The molecule has 0 radical (unpaired) electrons. The van der Waals surface area contributed by atoms with Crippen molar-refractivity contribution in [3.63, 3.8) is 0 Å². The third-order valence-electron chi connectivity index (χ3n) is 4.09. The molecule has 0 unspecified atom stereocenters. The van der Waals surface area contributed by atoms with Crippen LogP contribution in [-0.4, -0.2) is 45.6 Å². The highest BCUT2D eigenvalue weighted by molar-refractivity contribution is 6.74. The van der Waals surface area contributed by atoms with E-state index in [0.29, 0.717) is 0 Å². The van der Waals surface area contributed by atoms with Gasteiger partial charge in [0.25, 0.3) is 0 Å². The van der Waals surface area contributed by atoms with Crippen LogP contribution in [0.3, 0.4) is 0 Å². The molecule has 0 aliphatic rings. The molecule has 0 saturated carbocycles. The van der Waals surface area contributed by atoms with Crippen molar-refractivity contribution in [2.45, 2.75) is 58.0 Å². The molecule has 6 heteroatoms. The first kappa shape index (κ1) is 22.8. The second-order valence-electron chi connectivity index (χ2n) is 5.68. The van der Waals surface area contributed by atoms with Gasteiger partial charge in [0, 0.05) is 28.4 Å². The van der Waals surface area contributed by atoms with Crippen molar-refractivity contribution in [1.29, 1.82) is 0 Å². The van der Waals surface area contributed by atoms with E-state index in [9.17, 15) is 0 Å². The molecule has 23 heavy (non-hydrogen) atoms. The minimum absolute atomic E-state index is 0.920. The van der Waals surface area contributed by atoms with Crippen LogP contribution in [0.1, 0.15) is 46.0 Å². The van der Waals surface area contributed by atoms with Gasteiger partial charge in [0.05, 0.1) is 0 Å². The van der Waals surface area contributed by atoms with Crippen LogP contribution in [0.15, 0.2) is 23.6 Å². The van der Waals surface area contributed by atoms with E-state index in [0.717, 1.165) is 44.2 Å². The molecule has 0 aliphatic heterocycles. The van der Waals surface area contributed by atoms with E-state index >= 15 is 0 Å². The molecule has 0 aromatic carbocycles. The molecule has 0 amide bonds. The molecule has 0 aromatic rings. The van der Waals surface area contributed by atoms with E-state index in [-0.39, 0.29) is 0 Å². The van der Waals surface area contributed by atoms with Crippen molar-refractivity contribution in [3.8, 4) is 0 Å². The van der Waals surface area contributed by atoms with Crippen molar-refractivity contribution in [3.05, 3.63) is 23.6 Å². The minimum Gasteiger partial charge on any atom is -0.395 e. The van der Waals surface area contributed by atoms with E-state index < -0.39 is 17.1 Å². The van der Waals surface area contributed by atoms with Gasteiger partial charge in [-0.1, -0.05) is 38.8 Å². The van der Waals surface area contributed by atoms with Crippen LogP contribution in [0.2, 0.25) is 12.1 Å². The maximum Gasteiger partial charge on any atom is 0.364 e. The average Bonchev–Trinajstić information content (AvgIpc) is 2.59. The van der Waals surface area contributed by atoms with E-state index in [1.165, 1.54) is 0 Å². The van der Waals surface area contributed by atoms with Crippen molar-refractivity contribution >= 4 is 17.1 Å². The fraction of sp³-hybridized carbons (Fsp3) is 0.765. The fourth-order valence-corrected chi connectivity index (χ4v) is 7.23. The first-order valence-corrected chi connectivity index (χ1v) is 12.8. The fourth-order valence-electron chi connectivity index (χ4n) is 2.45. The average molecular weight is 361 g/mol. The van der Waals surface area contributed by atoms with Crippen LogP contribution in [0.25, 0.3) is 0 Å². The Hall–Kier alpha value is -0.246. The quantitative estimate of drug-likeness (QED) is 0.423. The standard InChI is InChI=1S/C17H36O4Si2/c1-7-9-11-14-22(18-3,19-4)16-13-17-23(20-5,21-6)15-12-10-8-2/h11-12,14-15H,7-10,13,16-17H2,1-6H3. The molecule has 0 N–H and O–H groups in total. The van der Waals surface area contributed by atoms with Gasteiger partial charge in [0.15, 0.2) is 0 Å². The lowest BCUT2D eigenvalue weighted by Crippen LogP contribution is -2.41. The number of rotatable bonds is 14. The van der Waals surface area contributed by atoms with Crippen LogP contribution < -0.4 is 0 Å². The van der Waals surface area contributed by atoms with Gasteiger partial charge >= 0.3 is 17.1 Å². The summed E-state index contributed by atoms with van der Waals surface area (Å²) in [5.41, 5.74) is 4.35. The molecule has 4 nitrogen and oxygen atoms in total. The third kappa shape index (κ3) is 8.42. The smallest absolute Gasteiger partial charge is 0.364 e. The summed E-state index contributed by atoms with van der Waals surface area (Å²) in [6.07, 6.45) is 9.77. The third-order valence-corrected chi connectivity index (χ3v) is 10.4. The van der Waals surface area contributed by atoms with Crippen LogP contribution in [0.5, 0.6) is 0 Å². The summed E-state index contributed by atoms with van der Waals surface area (Å²) in [7, 11) is 2.54. The summed E-state index contributed by atoms with van der Waals surface area (Å²) in [5, 5.41) is 0. The van der Waals surface area contributed by atoms with Gasteiger partial charge in [-0.25, -0.2) is 0 Å². The lowest BCUT2D eigenvalue weighted by atomic mass is 10.3. The SMILES string of the molecule is CCCC=C[Si](CCC[Si](C=CCCC)(OC)OC)(OC)OC. The number of hydrogen-bond donors (Lipinski definition) is 0. The first-order chi connectivity index (χ1) is 11.1. The zero-order chi connectivity index (χ0) is 17.6. The highest BCUT2D eigenvalue weighted by atomic mass is 28.4. The Bertz CT molecular complexity index is 305. The van der Waals surface area contributed by atoms with Crippen LogP contribution in [-0.2, 0) is 17.7 Å². The Morgan fingerprint density at radius 2 is 1.00 bits per heavy atom. The van der Waals surface area contributed by atoms with E-state index in [2.05, 4.69) is 37.4 Å². The van der Waals surface area contributed by atoms with E-state index in [1.54, 1.807) is 28.4 Å². The summed E-state index contributed by atoms with van der Waals surface area (Å²) in [6, 6.07) is 1.84. The van der Waals surface area contributed by atoms with Crippen molar-refractivity contribution in [1.82, 2.24) is 0 Å². The van der Waals surface area contributed by atoms with Gasteiger partial charge in [0.1, 0.15) is 0 Å². The highest BCUT2D eigenvalue weighted by Gasteiger charge is 2.36. The van der Waals surface area contributed by atoms with Crippen LogP contribution in [0.4, 0.5) is 0 Å². The highest BCUT2D eigenvalue weighted by Crippen LogP contribution is 2.24. The Morgan fingerprint density at radius 1 is 0.652 bits per heavy atom. The van der Waals surface area contributed by atoms with Crippen LogP contribution >= 0.6 is 0 Å². The van der Waals surface area contributed by atoms with Gasteiger partial charge in [-0.15, -0.1) is 0 Å². The molecule has 0 aromatic heterocycles. The molecule has 0 rings (SSSR count). The molecule has 0 saturated heterocycles. The zero-order valence-electron chi connectivity index (χ0n) is 15.9. The van der Waals surface area contributed by atoms with Gasteiger partial charge in [-0.2, -0.15) is 0 Å². The molecule has 0 spiro atoms. The molecule has 136 valence electrons. The van der Waals surface area contributed by atoms with Crippen molar-refractivity contribution in [2.75, 3.05) is 28.4 Å². The maximum absolute atomic E-state index is 5.76. The lowest BCUT2D eigenvalue weighted by Gasteiger charge is -2.27. The summed E-state index contributed by atoms with van der Waals surface area (Å²) in [5.74, 6) is 0. The number of hydrogen-bond acceptors (Lipinski definition) is 4. The number of allylic oxidation sites excluding steroid dienone is 2. The Kier molecular flexibility index (Phi) is 13.0. The Morgan fingerprint density at radius 3 is 1.26 bits per heavy atom. The molecule has 0 heterocycles. The summed E-state index contributed by atoms with van der Waals surface area (Å²) < 4.78 is 23.0. The second kappa shape index (κ2) is 13.1. The maximum atomic E-state index is 5.76. The molecule has 0 atom stereocenters. The first-order valence-electron chi connectivity index (χ1n) is 8.63. The summed E-state index contributed by atoms with van der Waals surface area (Å²) in [4.78, 5) is 0. The molecule has 0 fully saturated rings. The largest absolute Gasteiger partial charge is 0.395 e. The zero-order valence-corrected chi connectivity index (χ0v) is 17.9. The Labute approximate surface area is 145 Å². The predicted molar refractivity (Wildman–Crippen MR) is 102 cm³/mol. The Balaban J connectivity index is 4.75. The molecular formula is C17H36O4Si2. The van der Waals surface area contributed by atoms with Crippen molar-refractivity contribution < 1.29 is 17.7 Å². The summed E-state index contributed by atoms with van der Waals surface area (Å²) >= 11 is 0. The molecule has 0 bridgehead atoms. The van der Waals surface area contributed by atoms with Gasteiger partial charge < -0.3 is 17.7 Å². The monoisotopic (exact) mass is 360 g/mol. The topological polar surface area (TPSA) is 36.9 Å². The van der Waals surface area contributed by atoms with E-state index in [1.807, 2.05) is 0 Å². The van der Waals surface area contributed by atoms with Crippen LogP contribution in [0, 0.1) is 0 Å². The minimum atomic E-state index is -2.24. The van der Waals surface area contributed by atoms with Gasteiger partial charge in [-0.05, 0) is 42.7 Å². The molecule has 0 aliphatic carbocycles. The van der Waals surface area contributed by atoms with Gasteiger partial charge in [0.2, 0.25) is 0 Å². The normalized spacial score (nSPS) is 13.5. The van der Waals surface area contributed by atoms with Gasteiger partial charge in [-0.3, -0.25) is 0 Å². The van der Waals surface area contributed by atoms with Crippen molar-refractivity contribution in [2.24, 2.45) is 0 Å². The van der Waals surface area contributed by atoms with E-state index in [4.69, 9.17) is 17.7 Å². The summed E-state index contributed by atoms with van der Waals surface area (Å²) in [6.45, 7) is 4.35. The molecular weight excluding hydrogens is 324 g/mol. The number of unbranched alkanes of at least 4 members (excludes halogenated alkanes) is 2. The lowest BCUT2D eigenvalue weighted by molar-refractivity contribution is 0.247.